The van der Waals surface area contributed by atoms with Crippen molar-refractivity contribution in [1.29, 1.82) is 0 Å². The summed E-state index contributed by atoms with van der Waals surface area (Å²) in [5.41, 5.74) is 0. The third-order valence-electron chi connectivity index (χ3n) is 3.48. The largest absolute Gasteiger partial charge is 0.236 e. The maximum Gasteiger partial charge on any atom is 0.236 e. The van der Waals surface area contributed by atoms with Crippen LogP contribution < -0.4 is 0 Å². The van der Waals surface area contributed by atoms with Gasteiger partial charge in [0.25, 0.3) is 0 Å². The van der Waals surface area contributed by atoms with Crippen molar-refractivity contribution in [2.45, 2.75) is 34.3 Å². The van der Waals surface area contributed by atoms with Gasteiger partial charge in [-0.25, -0.2) is 9.59 Å². The number of alkyl halides is 2. The second-order valence-corrected chi connectivity index (χ2v) is 6.86. The normalized spacial score (nSPS) is 31.8. The number of hydrogen-bond donors (Lipinski definition) is 0. The molecule has 0 spiro atoms. The summed E-state index contributed by atoms with van der Waals surface area (Å²) in [4.78, 5) is 28.2. The molecular formula is C11H14I2N2O2. The SMILES string of the molecule is CC1C(C(I)N=C=O)CCCC1C(I)N=C=O. The highest BCUT2D eigenvalue weighted by molar-refractivity contribution is 14.1. The molecule has 0 heterocycles. The smallest absolute Gasteiger partial charge is 0.211 e. The molecule has 4 unspecified atom stereocenters. The number of isocyanates is 2. The molecule has 0 aromatic carbocycles. The summed E-state index contributed by atoms with van der Waals surface area (Å²) in [6, 6.07) is 0. The van der Waals surface area contributed by atoms with Gasteiger partial charge in [-0.1, -0.05) is 58.5 Å². The molecule has 0 N–H and O–H groups in total. The highest BCUT2D eigenvalue weighted by Crippen LogP contribution is 2.42. The molecule has 0 aliphatic heterocycles. The molecule has 4 atom stereocenters. The van der Waals surface area contributed by atoms with E-state index in [2.05, 4.69) is 62.1 Å². The molecule has 0 aromatic heterocycles. The van der Waals surface area contributed by atoms with Crippen LogP contribution in [0.1, 0.15) is 26.2 Å². The lowest BCUT2D eigenvalue weighted by molar-refractivity contribution is 0.171. The van der Waals surface area contributed by atoms with Crippen molar-refractivity contribution >= 4 is 57.3 Å². The molecule has 1 saturated carbocycles. The minimum atomic E-state index is -0.0216. The summed E-state index contributed by atoms with van der Waals surface area (Å²) in [7, 11) is 0. The predicted octanol–water partition coefficient (Wildman–Crippen LogP) is 3.23. The summed E-state index contributed by atoms with van der Waals surface area (Å²) in [6.07, 6.45) is 6.52. The van der Waals surface area contributed by atoms with Gasteiger partial charge >= 0.3 is 0 Å². The minimum Gasteiger partial charge on any atom is -0.211 e. The van der Waals surface area contributed by atoms with E-state index in [1.807, 2.05) is 0 Å². The van der Waals surface area contributed by atoms with Crippen molar-refractivity contribution in [3.05, 3.63) is 0 Å². The predicted molar refractivity (Wildman–Crippen MR) is 81.9 cm³/mol. The van der Waals surface area contributed by atoms with E-state index < -0.39 is 0 Å². The number of halogens is 2. The lowest BCUT2D eigenvalue weighted by Gasteiger charge is -2.37. The fourth-order valence-corrected chi connectivity index (χ4v) is 4.76. The summed E-state index contributed by atoms with van der Waals surface area (Å²) in [6.45, 7) is 2.16. The van der Waals surface area contributed by atoms with Crippen LogP contribution in [0.4, 0.5) is 0 Å². The Bertz CT molecular complexity index is 319. The second-order valence-electron chi connectivity index (χ2n) is 4.30. The quantitative estimate of drug-likeness (QED) is 0.213. The maximum absolute atomic E-state index is 10.3. The molecule has 0 saturated heterocycles. The molecule has 6 heteroatoms. The Kier molecular flexibility index (Phi) is 6.84. The van der Waals surface area contributed by atoms with Crippen LogP contribution in [0.25, 0.3) is 0 Å². The molecule has 1 aliphatic carbocycles. The number of nitrogens with zero attached hydrogens (tertiary/aromatic N) is 2. The number of hydrogen-bond acceptors (Lipinski definition) is 4. The van der Waals surface area contributed by atoms with Crippen LogP contribution in [-0.4, -0.2) is 20.3 Å². The fraction of sp³-hybridized carbons (Fsp3) is 0.818. The van der Waals surface area contributed by atoms with E-state index in [0.29, 0.717) is 17.8 Å². The summed E-state index contributed by atoms with van der Waals surface area (Å²) >= 11 is 4.38. The number of aliphatic imine (C=N–C) groups is 2. The van der Waals surface area contributed by atoms with E-state index in [1.165, 1.54) is 0 Å². The van der Waals surface area contributed by atoms with Crippen molar-refractivity contribution in [2.24, 2.45) is 27.7 Å². The molecule has 0 radical (unpaired) electrons. The Morgan fingerprint density at radius 1 is 1.06 bits per heavy atom. The summed E-state index contributed by atoms with van der Waals surface area (Å²) in [5.74, 6) is 1.14. The van der Waals surface area contributed by atoms with E-state index >= 15 is 0 Å². The van der Waals surface area contributed by atoms with E-state index in [9.17, 15) is 9.59 Å². The van der Waals surface area contributed by atoms with Crippen molar-refractivity contribution in [1.82, 2.24) is 0 Å². The molecule has 1 rings (SSSR count). The molecular weight excluding hydrogens is 446 g/mol. The third-order valence-corrected chi connectivity index (χ3v) is 5.89. The van der Waals surface area contributed by atoms with Gasteiger partial charge < -0.3 is 0 Å². The molecule has 4 nitrogen and oxygen atoms in total. The Hall–Kier alpha value is 0.220. The first-order chi connectivity index (χ1) is 8.11. The molecule has 94 valence electrons. The molecule has 0 aromatic rings. The van der Waals surface area contributed by atoms with Gasteiger partial charge in [-0.2, -0.15) is 9.98 Å². The van der Waals surface area contributed by atoms with Crippen molar-refractivity contribution in [3.63, 3.8) is 0 Å². The van der Waals surface area contributed by atoms with Gasteiger partial charge in [0, 0.05) is 0 Å². The Balaban J connectivity index is 2.77. The van der Waals surface area contributed by atoms with Gasteiger partial charge in [0.15, 0.2) is 0 Å². The van der Waals surface area contributed by atoms with Crippen LogP contribution in [0.2, 0.25) is 0 Å². The van der Waals surface area contributed by atoms with Crippen LogP contribution in [0, 0.1) is 17.8 Å². The van der Waals surface area contributed by atoms with Crippen molar-refractivity contribution in [2.75, 3.05) is 0 Å². The topological polar surface area (TPSA) is 58.9 Å². The maximum atomic E-state index is 10.3. The van der Waals surface area contributed by atoms with Crippen LogP contribution in [0.3, 0.4) is 0 Å². The minimum absolute atomic E-state index is 0.0216. The highest BCUT2D eigenvalue weighted by Gasteiger charge is 2.37. The van der Waals surface area contributed by atoms with Crippen LogP contribution in [0.5, 0.6) is 0 Å². The second kappa shape index (κ2) is 7.61. The average Bonchev–Trinajstić information content (AvgIpc) is 2.29. The molecule has 1 fully saturated rings. The molecule has 1 aliphatic rings. The van der Waals surface area contributed by atoms with E-state index in [1.54, 1.807) is 12.2 Å². The van der Waals surface area contributed by atoms with E-state index in [-0.39, 0.29) is 8.10 Å². The first kappa shape index (κ1) is 15.3. The van der Waals surface area contributed by atoms with Gasteiger partial charge in [0.2, 0.25) is 12.2 Å². The van der Waals surface area contributed by atoms with E-state index in [4.69, 9.17) is 0 Å². The van der Waals surface area contributed by atoms with Crippen molar-refractivity contribution in [3.8, 4) is 0 Å². The molecule has 0 bridgehead atoms. The summed E-state index contributed by atoms with van der Waals surface area (Å²) < 4.78 is -0.0431. The first-order valence-corrected chi connectivity index (χ1v) is 8.03. The van der Waals surface area contributed by atoms with Crippen LogP contribution >= 0.6 is 45.2 Å². The standard InChI is InChI=1S/C11H14I2N2O2/c1-7-8(10(12)14-5-16)3-2-4-9(7)11(13)15-6-17/h7-11H,2-4H2,1H3. The summed E-state index contributed by atoms with van der Waals surface area (Å²) in [5, 5.41) is 0. The third kappa shape index (κ3) is 4.12. The Morgan fingerprint density at radius 2 is 1.47 bits per heavy atom. The Labute approximate surface area is 128 Å². The number of carbonyl (C=O) groups excluding carboxylic acids is 2. The zero-order valence-corrected chi connectivity index (χ0v) is 13.8. The Morgan fingerprint density at radius 3 is 1.82 bits per heavy atom. The lowest BCUT2D eigenvalue weighted by atomic mass is 9.73. The van der Waals surface area contributed by atoms with Gasteiger partial charge in [-0.3, -0.25) is 0 Å². The lowest BCUT2D eigenvalue weighted by Crippen LogP contribution is -2.34. The van der Waals surface area contributed by atoms with Gasteiger partial charge in [0.05, 0.1) is 0 Å². The average molecular weight is 460 g/mol. The van der Waals surface area contributed by atoms with Crippen molar-refractivity contribution < 1.29 is 9.59 Å². The van der Waals surface area contributed by atoms with Gasteiger partial charge in [0.1, 0.15) is 8.10 Å². The van der Waals surface area contributed by atoms with Crippen LogP contribution in [-0.2, 0) is 9.59 Å². The molecule has 17 heavy (non-hydrogen) atoms. The molecule has 0 amide bonds. The van der Waals surface area contributed by atoms with E-state index in [0.717, 1.165) is 19.3 Å². The van der Waals surface area contributed by atoms with Gasteiger partial charge in [-0.05, 0) is 30.6 Å². The van der Waals surface area contributed by atoms with Gasteiger partial charge in [-0.15, -0.1) is 0 Å². The first-order valence-electron chi connectivity index (χ1n) is 5.54. The zero-order valence-electron chi connectivity index (χ0n) is 9.47. The van der Waals surface area contributed by atoms with Crippen LogP contribution in [0.15, 0.2) is 9.98 Å². The monoisotopic (exact) mass is 460 g/mol. The zero-order chi connectivity index (χ0) is 12.8. The fourth-order valence-electron chi connectivity index (χ4n) is 2.50. The highest BCUT2D eigenvalue weighted by atomic mass is 127. The number of rotatable bonds is 4.